The lowest BCUT2D eigenvalue weighted by molar-refractivity contribution is 0.00730. The average Bonchev–Trinajstić information content (AvgIpc) is 3.10. The molecule has 1 fully saturated rings. The van der Waals surface area contributed by atoms with Crippen molar-refractivity contribution in [1.29, 1.82) is 0 Å². The molecule has 1 saturated carbocycles. The van der Waals surface area contributed by atoms with E-state index in [9.17, 15) is 0 Å². The van der Waals surface area contributed by atoms with Crippen LogP contribution in [0.2, 0.25) is 0 Å². The summed E-state index contributed by atoms with van der Waals surface area (Å²) in [5.41, 5.74) is 2.92. The van der Waals surface area contributed by atoms with Crippen LogP contribution in [0.5, 0.6) is 0 Å². The molecule has 2 nitrogen and oxygen atoms in total. The molecule has 106 valence electrons. The van der Waals surface area contributed by atoms with E-state index in [4.69, 9.17) is 4.74 Å². The Labute approximate surface area is 117 Å². The smallest absolute Gasteiger partial charge is 0.0637 e. The monoisotopic (exact) mass is 261 g/mol. The summed E-state index contributed by atoms with van der Waals surface area (Å²) in [5, 5.41) is 3.81. The van der Waals surface area contributed by atoms with Crippen molar-refractivity contribution >= 4 is 0 Å². The molecule has 1 aliphatic carbocycles. The maximum atomic E-state index is 5.52. The van der Waals surface area contributed by atoms with Gasteiger partial charge in [-0.2, -0.15) is 0 Å². The summed E-state index contributed by atoms with van der Waals surface area (Å²) in [5.74, 6) is 0. The molecular weight excluding hydrogens is 234 g/mol. The van der Waals surface area contributed by atoms with Crippen LogP contribution in [0.4, 0.5) is 0 Å². The van der Waals surface area contributed by atoms with E-state index in [-0.39, 0.29) is 11.1 Å². The van der Waals surface area contributed by atoms with E-state index in [0.717, 1.165) is 6.42 Å². The van der Waals surface area contributed by atoms with Gasteiger partial charge in [0.1, 0.15) is 0 Å². The van der Waals surface area contributed by atoms with Crippen molar-refractivity contribution in [1.82, 2.24) is 5.32 Å². The van der Waals surface area contributed by atoms with Gasteiger partial charge in [0.25, 0.3) is 0 Å². The Morgan fingerprint density at radius 1 is 1.26 bits per heavy atom. The number of benzene rings is 1. The van der Waals surface area contributed by atoms with Gasteiger partial charge in [0.2, 0.25) is 0 Å². The van der Waals surface area contributed by atoms with Crippen molar-refractivity contribution in [3.05, 3.63) is 35.4 Å². The molecule has 0 aromatic heterocycles. The predicted molar refractivity (Wildman–Crippen MR) is 80.4 cm³/mol. The zero-order chi connectivity index (χ0) is 14.1. The molecule has 0 heterocycles. The molecule has 0 saturated heterocycles. The summed E-state index contributed by atoms with van der Waals surface area (Å²) in [6.45, 7) is 8.70. The van der Waals surface area contributed by atoms with Crippen LogP contribution in [-0.2, 0) is 10.3 Å². The van der Waals surface area contributed by atoms with Gasteiger partial charge >= 0.3 is 0 Å². The van der Waals surface area contributed by atoms with Gasteiger partial charge in [-0.25, -0.2) is 0 Å². The zero-order valence-corrected chi connectivity index (χ0v) is 12.9. The molecule has 1 aromatic carbocycles. The van der Waals surface area contributed by atoms with E-state index in [0.29, 0.717) is 6.04 Å². The first-order valence-corrected chi connectivity index (χ1v) is 7.27. The Morgan fingerprint density at radius 2 is 1.84 bits per heavy atom. The van der Waals surface area contributed by atoms with Gasteiger partial charge in [-0.05, 0) is 52.5 Å². The highest BCUT2D eigenvalue weighted by Gasteiger charge is 2.45. The molecule has 1 aromatic rings. The van der Waals surface area contributed by atoms with Gasteiger partial charge in [0, 0.05) is 18.7 Å². The number of ether oxygens (including phenoxy) is 1. The molecule has 0 aliphatic heterocycles. The van der Waals surface area contributed by atoms with Crippen molar-refractivity contribution in [3.8, 4) is 0 Å². The van der Waals surface area contributed by atoms with E-state index < -0.39 is 0 Å². The second-order valence-corrected chi connectivity index (χ2v) is 6.66. The summed E-state index contributed by atoms with van der Waals surface area (Å²) in [6.07, 6.45) is 3.51. The lowest BCUT2D eigenvalue weighted by Crippen LogP contribution is -2.41. The van der Waals surface area contributed by atoms with E-state index in [1.807, 2.05) is 0 Å². The fourth-order valence-corrected chi connectivity index (χ4v) is 2.86. The fourth-order valence-electron chi connectivity index (χ4n) is 2.86. The number of rotatable bonds is 6. The highest BCUT2D eigenvalue weighted by molar-refractivity contribution is 5.32. The minimum atomic E-state index is -0.0597. The summed E-state index contributed by atoms with van der Waals surface area (Å²) in [6, 6.07) is 9.41. The predicted octanol–water partition coefficient (Wildman–Crippen LogP) is 3.78. The molecule has 2 heteroatoms. The number of aryl methyl sites for hydroxylation is 1. The zero-order valence-electron chi connectivity index (χ0n) is 12.9. The number of methoxy groups -OCH3 is 1. The molecule has 19 heavy (non-hydrogen) atoms. The summed E-state index contributed by atoms with van der Waals surface area (Å²) in [4.78, 5) is 0. The number of hydrogen-bond acceptors (Lipinski definition) is 2. The van der Waals surface area contributed by atoms with Crippen molar-refractivity contribution in [2.75, 3.05) is 7.11 Å². The van der Waals surface area contributed by atoms with Crippen LogP contribution in [0.25, 0.3) is 0 Å². The molecule has 0 unspecified atom stereocenters. The first kappa shape index (κ1) is 14.5. The molecule has 0 bridgehead atoms. The quantitative estimate of drug-likeness (QED) is 0.841. The van der Waals surface area contributed by atoms with Crippen LogP contribution in [0, 0.1) is 6.92 Å². The lowest BCUT2D eigenvalue weighted by atomic mass is 9.97. The SMILES string of the molecule is COC(C)(C)C[C@H](C)NC1(c2ccc(C)cc2)CC1. The largest absolute Gasteiger partial charge is 0.379 e. The first-order chi connectivity index (χ1) is 8.87. The van der Waals surface area contributed by atoms with Gasteiger partial charge in [-0.3, -0.25) is 0 Å². The van der Waals surface area contributed by atoms with Crippen LogP contribution in [0.15, 0.2) is 24.3 Å². The van der Waals surface area contributed by atoms with Crippen molar-refractivity contribution in [2.45, 2.75) is 64.1 Å². The first-order valence-electron chi connectivity index (χ1n) is 7.27. The summed E-state index contributed by atoms with van der Waals surface area (Å²) >= 11 is 0. The van der Waals surface area contributed by atoms with Gasteiger partial charge in [-0.15, -0.1) is 0 Å². The minimum absolute atomic E-state index is 0.0597. The molecular formula is C17H27NO. The standard InChI is InChI=1S/C17H27NO/c1-13-6-8-15(9-7-13)17(10-11-17)18-14(2)12-16(3,4)19-5/h6-9,14,18H,10-12H2,1-5H3/t14-/m0/s1. The minimum Gasteiger partial charge on any atom is -0.379 e. The Hall–Kier alpha value is -0.860. The Balaban J connectivity index is 2.00. The van der Waals surface area contributed by atoms with Crippen molar-refractivity contribution in [3.63, 3.8) is 0 Å². The number of nitrogens with one attached hydrogen (secondary N) is 1. The molecule has 0 radical (unpaired) electrons. The molecule has 2 rings (SSSR count). The third-order valence-electron chi connectivity index (χ3n) is 4.23. The maximum absolute atomic E-state index is 5.52. The Bertz CT molecular complexity index is 417. The van der Waals surface area contributed by atoms with Gasteiger partial charge in [0.15, 0.2) is 0 Å². The normalized spacial score (nSPS) is 19.2. The van der Waals surface area contributed by atoms with Gasteiger partial charge < -0.3 is 10.1 Å². The highest BCUT2D eigenvalue weighted by atomic mass is 16.5. The third-order valence-corrected chi connectivity index (χ3v) is 4.23. The molecule has 1 N–H and O–H groups in total. The van der Waals surface area contributed by atoms with Crippen LogP contribution >= 0.6 is 0 Å². The third kappa shape index (κ3) is 3.58. The van der Waals surface area contributed by atoms with E-state index in [1.165, 1.54) is 24.0 Å². The van der Waals surface area contributed by atoms with E-state index in [1.54, 1.807) is 7.11 Å². The molecule has 1 aliphatic rings. The summed E-state index contributed by atoms with van der Waals surface area (Å²) in [7, 11) is 1.79. The van der Waals surface area contributed by atoms with Gasteiger partial charge in [-0.1, -0.05) is 29.8 Å². The fraction of sp³-hybridized carbons (Fsp3) is 0.647. The lowest BCUT2D eigenvalue weighted by Gasteiger charge is -2.30. The van der Waals surface area contributed by atoms with Crippen LogP contribution in [-0.4, -0.2) is 18.8 Å². The maximum Gasteiger partial charge on any atom is 0.0637 e. The second kappa shape index (κ2) is 5.26. The highest BCUT2D eigenvalue weighted by Crippen LogP contribution is 2.46. The molecule has 1 atom stereocenters. The van der Waals surface area contributed by atoms with Crippen molar-refractivity contribution < 1.29 is 4.74 Å². The van der Waals surface area contributed by atoms with Crippen molar-refractivity contribution in [2.24, 2.45) is 0 Å². The van der Waals surface area contributed by atoms with Crippen LogP contribution < -0.4 is 5.32 Å². The Morgan fingerprint density at radius 3 is 2.32 bits per heavy atom. The second-order valence-electron chi connectivity index (χ2n) is 6.66. The topological polar surface area (TPSA) is 21.3 Å². The molecule has 0 spiro atoms. The van der Waals surface area contributed by atoms with E-state index >= 15 is 0 Å². The average molecular weight is 261 g/mol. The van der Waals surface area contributed by atoms with Crippen LogP contribution in [0.3, 0.4) is 0 Å². The van der Waals surface area contributed by atoms with Crippen LogP contribution in [0.1, 0.15) is 51.2 Å². The number of hydrogen-bond donors (Lipinski definition) is 1. The molecule has 0 amide bonds. The van der Waals surface area contributed by atoms with E-state index in [2.05, 4.69) is 57.3 Å². The summed E-state index contributed by atoms with van der Waals surface area (Å²) < 4.78 is 5.52. The van der Waals surface area contributed by atoms with Gasteiger partial charge in [0.05, 0.1) is 5.60 Å². The Kier molecular flexibility index (Phi) is 4.03.